The number of nitrogen functional groups attached to an aromatic ring is 1. The molecule has 4 heteroatoms. The van der Waals surface area contributed by atoms with Gasteiger partial charge in [0.25, 0.3) is 0 Å². The molecule has 0 fully saturated rings. The van der Waals surface area contributed by atoms with Crippen molar-refractivity contribution in [3.63, 3.8) is 0 Å². The van der Waals surface area contributed by atoms with Crippen LogP contribution >= 0.6 is 0 Å². The van der Waals surface area contributed by atoms with Gasteiger partial charge in [0.05, 0.1) is 24.6 Å². The van der Waals surface area contributed by atoms with Crippen molar-refractivity contribution in [1.82, 2.24) is 9.97 Å². The highest BCUT2D eigenvalue weighted by molar-refractivity contribution is 5.47. The molecule has 0 saturated carbocycles. The topological polar surface area (TPSA) is 55.0 Å². The van der Waals surface area contributed by atoms with Crippen molar-refractivity contribution in [3.05, 3.63) is 47.9 Å². The summed E-state index contributed by atoms with van der Waals surface area (Å²) < 4.78 is 0. The van der Waals surface area contributed by atoms with Crippen molar-refractivity contribution in [1.29, 1.82) is 0 Å². The molecule has 0 aliphatic carbocycles. The molecule has 2 rings (SSSR count). The zero-order valence-electron chi connectivity index (χ0n) is 10.8. The van der Waals surface area contributed by atoms with Gasteiger partial charge in [-0.05, 0) is 24.1 Å². The van der Waals surface area contributed by atoms with Crippen LogP contribution in [0.15, 0.2) is 36.7 Å². The van der Waals surface area contributed by atoms with E-state index < -0.39 is 0 Å². The molecule has 94 valence electrons. The molecule has 1 aromatic heterocycles. The number of nitrogens with two attached hydrogens (primary N) is 1. The number of hydrogen-bond acceptors (Lipinski definition) is 4. The average Bonchev–Trinajstić information content (AvgIpc) is 2.41. The van der Waals surface area contributed by atoms with Crippen LogP contribution in [-0.2, 0) is 13.0 Å². The van der Waals surface area contributed by atoms with Crippen LogP contribution in [0, 0.1) is 0 Å². The second-order valence-corrected chi connectivity index (χ2v) is 4.31. The standard InChI is InChI=1S/C14H18N4/c1-3-11-4-6-13(7-5-11)18(2)10-12-8-17-14(15)9-16-12/h4-9H,3,10H2,1-2H3,(H2,15,17). The highest BCUT2D eigenvalue weighted by atomic mass is 15.1. The lowest BCUT2D eigenvalue weighted by atomic mass is 10.1. The summed E-state index contributed by atoms with van der Waals surface area (Å²) in [5.74, 6) is 0.453. The fourth-order valence-corrected chi connectivity index (χ4v) is 1.77. The Morgan fingerprint density at radius 3 is 2.39 bits per heavy atom. The van der Waals surface area contributed by atoms with E-state index in [0.29, 0.717) is 5.82 Å². The first-order valence-corrected chi connectivity index (χ1v) is 6.05. The summed E-state index contributed by atoms with van der Waals surface area (Å²) in [6.07, 6.45) is 4.36. The lowest BCUT2D eigenvalue weighted by Crippen LogP contribution is -2.17. The molecular weight excluding hydrogens is 224 g/mol. The van der Waals surface area contributed by atoms with Crippen LogP contribution in [0.2, 0.25) is 0 Å². The van der Waals surface area contributed by atoms with Crippen LogP contribution in [0.1, 0.15) is 18.2 Å². The molecule has 1 heterocycles. The Bertz CT molecular complexity index is 490. The van der Waals surface area contributed by atoms with Gasteiger partial charge in [0, 0.05) is 12.7 Å². The van der Waals surface area contributed by atoms with Gasteiger partial charge in [-0.3, -0.25) is 4.98 Å². The van der Waals surface area contributed by atoms with Gasteiger partial charge in [-0.15, -0.1) is 0 Å². The lowest BCUT2D eigenvalue weighted by Gasteiger charge is -2.19. The average molecular weight is 242 g/mol. The predicted octanol–water partition coefficient (Wildman–Crippen LogP) is 2.26. The maximum atomic E-state index is 5.51. The quantitative estimate of drug-likeness (QED) is 0.893. The van der Waals surface area contributed by atoms with E-state index >= 15 is 0 Å². The Morgan fingerprint density at radius 2 is 1.83 bits per heavy atom. The van der Waals surface area contributed by atoms with E-state index in [4.69, 9.17) is 5.73 Å². The molecule has 2 aromatic rings. The fraction of sp³-hybridized carbons (Fsp3) is 0.286. The van der Waals surface area contributed by atoms with Gasteiger partial charge in [-0.25, -0.2) is 4.98 Å². The van der Waals surface area contributed by atoms with E-state index in [2.05, 4.69) is 46.1 Å². The van der Waals surface area contributed by atoms with E-state index in [1.54, 1.807) is 12.4 Å². The van der Waals surface area contributed by atoms with Crippen LogP contribution in [0.3, 0.4) is 0 Å². The number of anilines is 2. The first kappa shape index (κ1) is 12.4. The minimum atomic E-state index is 0.453. The summed E-state index contributed by atoms with van der Waals surface area (Å²) in [5.41, 5.74) is 8.94. The molecule has 0 saturated heterocycles. The highest BCUT2D eigenvalue weighted by Gasteiger charge is 2.03. The van der Waals surface area contributed by atoms with Crippen LogP contribution in [0.25, 0.3) is 0 Å². The van der Waals surface area contributed by atoms with Crippen molar-refractivity contribution < 1.29 is 0 Å². The Balaban J connectivity index is 2.06. The third kappa shape index (κ3) is 2.97. The summed E-state index contributed by atoms with van der Waals surface area (Å²) in [5, 5.41) is 0. The van der Waals surface area contributed by atoms with Gasteiger partial charge >= 0.3 is 0 Å². The molecule has 0 aliphatic rings. The van der Waals surface area contributed by atoms with Crippen molar-refractivity contribution in [2.75, 3.05) is 17.7 Å². The van der Waals surface area contributed by atoms with Gasteiger partial charge in [-0.2, -0.15) is 0 Å². The summed E-state index contributed by atoms with van der Waals surface area (Å²) in [7, 11) is 2.04. The van der Waals surface area contributed by atoms with Gasteiger partial charge < -0.3 is 10.6 Å². The van der Waals surface area contributed by atoms with Crippen LogP contribution in [-0.4, -0.2) is 17.0 Å². The van der Waals surface area contributed by atoms with E-state index in [9.17, 15) is 0 Å². The number of aromatic nitrogens is 2. The minimum absolute atomic E-state index is 0.453. The van der Waals surface area contributed by atoms with E-state index in [1.165, 1.54) is 11.3 Å². The van der Waals surface area contributed by atoms with Crippen molar-refractivity contribution in [2.45, 2.75) is 19.9 Å². The molecule has 18 heavy (non-hydrogen) atoms. The molecule has 0 unspecified atom stereocenters. The van der Waals surface area contributed by atoms with E-state index in [1.807, 2.05) is 7.05 Å². The van der Waals surface area contributed by atoms with Gasteiger partial charge in [0.15, 0.2) is 0 Å². The number of nitrogens with zero attached hydrogens (tertiary/aromatic N) is 3. The van der Waals surface area contributed by atoms with E-state index in [-0.39, 0.29) is 0 Å². The summed E-state index contributed by atoms with van der Waals surface area (Å²) >= 11 is 0. The zero-order chi connectivity index (χ0) is 13.0. The second-order valence-electron chi connectivity index (χ2n) is 4.31. The molecule has 4 nitrogen and oxygen atoms in total. The first-order chi connectivity index (χ1) is 8.69. The van der Waals surface area contributed by atoms with Crippen molar-refractivity contribution in [3.8, 4) is 0 Å². The van der Waals surface area contributed by atoms with Crippen LogP contribution in [0.4, 0.5) is 11.5 Å². The predicted molar refractivity (Wildman–Crippen MR) is 74.4 cm³/mol. The number of rotatable bonds is 4. The van der Waals surface area contributed by atoms with Crippen molar-refractivity contribution in [2.24, 2.45) is 0 Å². The molecule has 0 radical (unpaired) electrons. The molecule has 0 amide bonds. The third-order valence-electron chi connectivity index (χ3n) is 2.91. The molecule has 2 N–H and O–H groups in total. The van der Waals surface area contributed by atoms with Crippen LogP contribution in [0.5, 0.6) is 0 Å². The molecule has 1 aromatic carbocycles. The highest BCUT2D eigenvalue weighted by Crippen LogP contribution is 2.16. The van der Waals surface area contributed by atoms with Gasteiger partial charge in [0.1, 0.15) is 5.82 Å². The maximum absolute atomic E-state index is 5.51. The van der Waals surface area contributed by atoms with Crippen molar-refractivity contribution >= 4 is 11.5 Å². The second kappa shape index (κ2) is 5.49. The molecule has 0 spiro atoms. The monoisotopic (exact) mass is 242 g/mol. The number of hydrogen-bond donors (Lipinski definition) is 1. The van der Waals surface area contributed by atoms with E-state index in [0.717, 1.165) is 18.7 Å². The van der Waals surface area contributed by atoms with Crippen LogP contribution < -0.4 is 10.6 Å². The van der Waals surface area contributed by atoms with Gasteiger partial charge in [0.2, 0.25) is 0 Å². The SMILES string of the molecule is CCc1ccc(N(C)Cc2cnc(N)cn2)cc1. The molecule has 0 atom stereocenters. The largest absolute Gasteiger partial charge is 0.382 e. The number of aryl methyl sites for hydroxylation is 1. The molecule has 0 aliphatic heterocycles. The molecule has 0 bridgehead atoms. The Hall–Kier alpha value is -2.10. The summed E-state index contributed by atoms with van der Waals surface area (Å²) in [6.45, 7) is 2.88. The molecular formula is C14H18N4. The Kier molecular flexibility index (Phi) is 3.77. The zero-order valence-corrected chi connectivity index (χ0v) is 10.8. The Morgan fingerprint density at radius 1 is 1.11 bits per heavy atom. The fourth-order valence-electron chi connectivity index (χ4n) is 1.77. The first-order valence-electron chi connectivity index (χ1n) is 6.05. The minimum Gasteiger partial charge on any atom is -0.382 e. The third-order valence-corrected chi connectivity index (χ3v) is 2.91. The summed E-state index contributed by atoms with van der Waals surface area (Å²) in [4.78, 5) is 10.4. The normalized spacial score (nSPS) is 10.3. The summed E-state index contributed by atoms with van der Waals surface area (Å²) in [6, 6.07) is 8.56. The smallest absolute Gasteiger partial charge is 0.141 e. The lowest BCUT2D eigenvalue weighted by molar-refractivity contribution is 0.874. The Labute approximate surface area is 107 Å². The van der Waals surface area contributed by atoms with Gasteiger partial charge in [-0.1, -0.05) is 19.1 Å². The number of benzene rings is 1. The maximum Gasteiger partial charge on any atom is 0.141 e.